The summed E-state index contributed by atoms with van der Waals surface area (Å²) in [5, 5.41) is 34.0. The average Bonchev–Trinajstić information content (AvgIpc) is 3.53. The Balaban J connectivity index is 1.36. The number of rotatable bonds is 8. The van der Waals surface area contributed by atoms with Crippen LogP contribution in [0.25, 0.3) is 21.4 Å². The maximum absolute atomic E-state index is 10.5. The number of imidazole rings is 1. The van der Waals surface area contributed by atoms with Crippen molar-refractivity contribution in [1.82, 2.24) is 24.5 Å². The van der Waals surface area contributed by atoms with Crippen LogP contribution >= 0.6 is 34.9 Å². The van der Waals surface area contributed by atoms with Crippen molar-refractivity contribution in [3.8, 4) is 0 Å². The molecule has 4 heterocycles. The lowest BCUT2D eigenvalue weighted by atomic mass is 10.1. The van der Waals surface area contributed by atoms with E-state index in [2.05, 4.69) is 38.2 Å². The Morgan fingerprint density at radius 1 is 1.21 bits per heavy atom. The van der Waals surface area contributed by atoms with E-state index in [0.717, 1.165) is 15.6 Å². The molecule has 1 aliphatic heterocycles. The Hall–Kier alpha value is -2.00. The van der Waals surface area contributed by atoms with E-state index in [0.29, 0.717) is 22.1 Å². The molecule has 0 aliphatic carbocycles. The molecule has 4 N–H and O–H groups in total. The number of thiazole rings is 1. The molecule has 1 aromatic carbocycles. The molecule has 4 aromatic rings. The van der Waals surface area contributed by atoms with E-state index in [9.17, 15) is 15.3 Å². The molecular weight excluding hydrogens is 496 g/mol. The predicted octanol–water partition coefficient (Wildman–Crippen LogP) is 2.36. The molecule has 13 heteroatoms. The minimum atomic E-state index is -1.22. The number of benzene rings is 1. The standard InChI is InChI=1S/C21H24N6O4S3/c1-10(8-33-21-24-11-5-3-4-6-13(11)34-21)23-17-14-18(26-20(25-17)32-2)27(9-22-14)19-16(30)15(29)12(7-28)31-19/h3-6,9-10,12,15-16,19,28-30H,7-8H2,1-2H3,(H,23,25,26)/t10-,12-,15?,16?,19-/m1/s1. The number of ether oxygens (including phenoxy) is 1. The predicted molar refractivity (Wildman–Crippen MR) is 134 cm³/mol. The van der Waals surface area contributed by atoms with E-state index in [4.69, 9.17) is 4.74 Å². The zero-order chi connectivity index (χ0) is 23.8. The van der Waals surface area contributed by atoms with Crippen molar-refractivity contribution in [3.63, 3.8) is 0 Å². The molecule has 5 rings (SSSR count). The number of anilines is 1. The summed E-state index contributed by atoms with van der Waals surface area (Å²) >= 11 is 4.75. The van der Waals surface area contributed by atoms with Gasteiger partial charge in [0.1, 0.15) is 18.3 Å². The first-order chi connectivity index (χ1) is 16.5. The number of hydrogen-bond acceptors (Lipinski definition) is 12. The summed E-state index contributed by atoms with van der Waals surface area (Å²) in [6, 6.07) is 8.15. The van der Waals surface area contributed by atoms with Gasteiger partial charge in [-0.1, -0.05) is 35.7 Å². The third-order valence-corrected chi connectivity index (χ3v) is 8.48. The van der Waals surface area contributed by atoms with Crippen molar-refractivity contribution in [2.75, 3.05) is 23.9 Å². The van der Waals surface area contributed by atoms with Crippen LogP contribution in [0.5, 0.6) is 0 Å². The lowest BCUT2D eigenvalue weighted by molar-refractivity contribution is -0.0511. The maximum atomic E-state index is 10.5. The van der Waals surface area contributed by atoms with Gasteiger partial charge in [0.05, 0.1) is 23.2 Å². The molecule has 3 aromatic heterocycles. The van der Waals surface area contributed by atoms with Crippen LogP contribution < -0.4 is 5.32 Å². The lowest BCUT2D eigenvalue weighted by Crippen LogP contribution is -2.33. The highest BCUT2D eigenvalue weighted by Gasteiger charge is 2.44. The number of aliphatic hydroxyl groups is 3. The van der Waals surface area contributed by atoms with E-state index in [-0.39, 0.29) is 6.04 Å². The molecule has 0 bridgehead atoms. The molecule has 0 spiro atoms. The van der Waals surface area contributed by atoms with Gasteiger partial charge in [0.15, 0.2) is 32.7 Å². The van der Waals surface area contributed by atoms with Gasteiger partial charge in [0, 0.05) is 11.8 Å². The van der Waals surface area contributed by atoms with Crippen molar-refractivity contribution in [3.05, 3.63) is 30.6 Å². The zero-order valence-electron chi connectivity index (χ0n) is 18.4. The second kappa shape index (κ2) is 9.93. The number of hydrogen-bond donors (Lipinski definition) is 4. The molecule has 1 aliphatic rings. The number of thioether (sulfide) groups is 2. The molecule has 0 saturated carbocycles. The van der Waals surface area contributed by atoms with Crippen LogP contribution in [0.3, 0.4) is 0 Å². The number of nitrogens with one attached hydrogen (secondary N) is 1. The largest absolute Gasteiger partial charge is 0.394 e. The zero-order valence-corrected chi connectivity index (χ0v) is 20.8. The molecule has 5 atom stereocenters. The first-order valence-corrected chi connectivity index (χ1v) is 13.7. The van der Waals surface area contributed by atoms with Gasteiger partial charge in [-0.3, -0.25) is 4.57 Å². The fraction of sp³-hybridized carbons (Fsp3) is 0.429. The van der Waals surface area contributed by atoms with E-state index in [1.54, 1.807) is 27.7 Å². The quantitative estimate of drug-likeness (QED) is 0.201. The van der Waals surface area contributed by atoms with Crippen LogP contribution in [0.2, 0.25) is 0 Å². The van der Waals surface area contributed by atoms with Gasteiger partial charge in [-0.05, 0) is 25.3 Å². The van der Waals surface area contributed by atoms with Crippen LogP contribution in [-0.2, 0) is 4.74 Å². The molecule has 1 fully saturated rings. The fourth-order valence-corrected chi connectivity index (χ4v) is 6.17. The van der Waals surface area contributed by atoms with Crippen LogP contribution in [0.15, 0.2) is 40.1 Å². The Kier molecular flexibility index (Phi) is 6.93. The number of aliphatic hydroxyl groups excluding tert-OH is 3. The SMILES string of the molecule is CSc1nc(N[C@H](C)CSc2nc3ccccc3s2)c2ncn([C@@H]3O[C@H](CO)C(O)C3O)c2n1. The highest BCUT2D eigenvalue weighted by molar-refractivity contribution is 8.01. The van der Waals surface area contributed by atoms with E-state index in [1.165, 1.54) is 22.8 Å². The van der Waals surface area contributed by atoms with Crippen molar-refractivity contribution in [1.29, 1.82) is 0 Å². The molecule has 34 heavy (non-hydrogen) atoms. The molecule has 10 nitrogen and oxygen atoms in total. The van der Waals surface area contributed by atoms with Crippen molar-refractivity contribution in [2.45, 2.75) is 47.0 Å². The monoisotopic (exact) mass is 520 g/mol. The highest BCUT2D eigenvalue weighted by atomic mass is 32.2. The van der Waals surface area contributed by atoms with Gasteiger partial charge in [0.2, 0.25) is 0 Å². The van der Waals surface area contributed by atoms with Crippen LogP contribution in [0.4, 0.5) is 5.82 Å². The van der Waals surface area contributed by atoms with Gasteiger partial charge in [-0.25, -0.2) is 19.9 Å². The first-order valence-electron chi connectivity index (χ1n) is 10.6. The summed E-state index contributed by atoms with van der Waals surface area (Å²) in [5.74, 6) is 1.35. The Morgan fingerprint density at radius 3 is 2.76 bits per heavy atom. The molecule has 1 saturated heterocycles. The molecule has 0 radical (unpaired) electrons. The van der Waals surface area contributed by atoms with Gasteiger partial charge < -0.3 is 25.4 Å². The van der Waals surface area contributed by atoms with Crippen molar-refractivity contribution in [2.24, 2.45) is 0 Å². The minimum Gasteiger partial charge on any atom is -0.394 e. The summed E-state index contributed by atoms with van der Waals surface area (Å²) in [4.78, 5) is 18.3. The number of aromatic nitrogens is 5. The average molecular weight is 521 g/mol. The van der Waals surface area contributed by atoms with Gasteiger partial charge in [0.25, 0.3) is 0 Å². The maximum Gasteiger partial charge on any atom is 0.191 e. The molecule has 0 amide bonds. The Bertz CT molecular complexity index is 1270. The third-order valence-electron chi connectivity index (χ3n) is 5.49. The van der Waals surface area contributed by atoms with E-state index in [1.807, 2.05) is 24.5 Å². The summed E-state index contributed by atoms with van der Waals surface area (Å²) in [7, 11) is 0. The summed E-state index contributed by atoms with van der Waals surface area (Å²) < 4.78 is 9.43. The van der Waals surface area contributed by atoms with Crippen LogP contribution in [-0.4, -0.2) is 82.8 Å². The highest BCUT2D eigenvalue weighted by Crippen LogP contribution is 2.34. The minimum absolute atomic E-state index is 0.0591. The topological polar surface area (TPSA) is 138 Å². The van der Waals surface area contributed by atoms with Gasteiger partial charge in [-0.15, -0.1) is 11.3 Å². The van der Waals surface area contributed by atoms with Gasteiger partial charge in [-0.2, -0.15) is 0 Å². The van der Waals surface area contributed by atoms with E-state index < -0.39 is 31.1 Å². The molecular formula is C21H24N6O4S3. The fourth-order valence-electron chi connectivity index (χ4n) is 3.77. The third kappa shape index (κ3) is 4.49. The normalized spacial score (nSPS) is 23.7. The second-order valence-electron chi connectivity index (χ2n) is 7.92. The lowest BCUT2D eigenvalue weighted by Gasteiger charge is -2.17. The van der Waals surface area contributed by atoms with Crippen LogP contribution in [0, 0.1) is 0 Å². The Morgan fingerprint density at radius 2 is 2.03 bits per heavy atom. The van der Waals surface area contributed by atoms with E-state index >= 15 is 0 Å². The first kappa shape index (κ1) is 23.7. The summed E-state index contributed by atoms with van der Waals surface area (Å²) in [6.07, 6.45) is -0.826. The number of fused-ring (bicyclic) bond motifs is 2. The summed E-state index contributed by atoms with van der Waals surface area (Å²) in [5.41, 5.74) is 2.02. The second-order valence-corrected chi connectivity index (χ2v) is 11.0. The van der Waals surface area contributed by atoms with Gasteiger partial charge >= 0.3 is 0 Å². The molecule has 180 valence electrons. The molecule has 2 unspecified atom stereocenters. The Labute approximate surface area is 207 Å². The smallest absolute Gasteiger partial charge is 0.191 e. The number of para-hydroxylation sites is 1. The summed E-state index contributed by atoms with van der Waals surface area (Å²) in [6.45, 7) is 1.67. The number of nitrogens with zero attached hydrogens (tertiary/aromatic N) is 5. The van der Waals surface area contributed by atoms with Crippen molar-refractivity contribution < 1.29 is 20.1 Å². The van der Waals surface area contributed by atoms with Crippen LogP contribution in [0.1, 0.15) is 13.2 Å². The van der Waals surface area contributed by atoms with Crippen molar-refractivity contribution >= 4 is 62.1 Å².